The second kappa shape index (κ2) is 7.07. The lowest BCUT2D eigenvalue weighted by Gasteiger charge is -2.23. The van der Waals surface area contributed by atoms with Crippen molar-refractivity contribution < 1.29 is 9.84 Å². The summed E-state index contributed by atoms with van der Waals surface area (Å²) in [5, 5.41) is 10.6. The first-order valence-corrected chi connectivity index (χ1v) is 7.64. The second-order valence-corrected chi connectivity index (χ2v) is 5.95. The van der Waals surface area contributed by atoms with Crippen molar-refractivity contribution in [1.29, 1.82) is 0 Å². The Morgan fingerprint density at radius 2 is 1.76 bits per heavy atom. The van der Waals surface area contributed by atoms with Crippen LogP contribution in [0.4, 0.5) is 0 Å². The average Bonchev–Trinajstić information content (AvgIpc) is 2.49. The molecule has 0 aliphatic carbocycles. The predicted octanol–water partition coefficient (Wildman–Crippen LogP) is 3.54. The first-order valence-electron chi connectivity index (χ1n) is 6.85. The molecule has 0 saturated carbocycles. The van der Waals surface area contributed by atoms with Gasteiger partial charge in [0.05, 0.1) is 17.7 Å². The van der Waals surface area contributed by atoms with Crippen LogP contribution in [0.1, 0.15) is 28.7 Å². The number of methoxy groups -OCH3 is 1. The number of ether oxygens (including phenoxy) is 1. The SMILES string of the molecule is COc1ccc(C(O)C(CN)c2ccc(C)cc2)cc1Br. The highest BCUT2D eigenvalue weighted by atomic mass is 79.9. The van der Waals surface area contributed by atoms with E-state index in [-0.39, 0.29) is 5.92 Å². The quantitative estimate of drug-likeness (QED) is 0.867. The fourth-order valence-corrected chi connectivity index (χ4v) is 2.92. The number of rotatable bonds is 5. The highest BCUT2D eigenvalue weighted by molar-refractivity contribution is 9.10. The number of nitrogens with two attached hydrogens (primary N) is 1. The van der Waals surface area contributed by atoms with Crippen LogP contribution in [-0.2, 0) is 0 Å². The maximum absolute atomic E-state index is 10.6. The number of aliphatic hydroxyl groups excluding tert-OH is 1. The molecule has 21 heavy (non-hydrogen) atoms. The molecule has 2 rings (SSSR count). The van der Waals surface area contributed by atoms with E-state index in [2.05, 4.69) is 15.9 Å². The van der Waals surface area contributed by atoms with E-state index in [4.69, 9.17) is 10.5 Å². The van der Waals surface area contributed by atoms with Crippen LogP contribution < -0.4 is 10.5 Å². The molecule has 0 heterocycles. The van der Waals surface area contributed by atoms with Gasteiger partial charge in [0.25, 0.3) is 0 Å². The minimum Gasteiger partial charge on any atom is -0.496 e. The van der Waals surface area contributed by atoms with Gasteiger partial charge in [-0.25, -0.2) is 0 Å². The number of aryl methyl sites for hydroxylation is 1. The van der Waals surface area contributed by atoms with E-state index in [9.17, 15) is 5.11 Å². The fourth-order valence-electron chi connectivity index (χ4n) is 2.36. The Morgan fingerprint density at radius 1 is 1.14 bits per heavy atom. The van der Waals surface area contributed by atoms with Crippen molar-refractivity contribution >= 4 is 15.9 Å². The summed E-state index contributed by atoms with van der Waals surface area (Å²) in [6.07, 6.45) is -0.653. The molecule has 2 atom stereocenters. The Labute approximate surface area is 133 Å². The monoisotopic (exact) mass is 349 g/mol. The second-order valence-electron chi connectivity index (χ2n) is 5.09. The minimum absolute atomic E-state index is 0.133. The van der Waals surface area contributed by atoms with Gasteiger partial charge in [-0.05, 0) is 46.1 Å². The Bertz CT molecular complexity index is 598. The van der Waals surface area contributed by atoms with Crippen LogP contribution in [0.2, 0.25) is 0 Å². The topological polar surface area (TPSA) is 55.5 Å². The van der Waals surface area contributed by atoms with E-state index in [1.54, 1.807) is 7.11 Å². The highest BCUT2D eigenvalue weighted by Crippen LogP contribution is 2.34. The predicted molar refractivity (Wildman–Crippen MR) is 88.6 cm³/mol. The van der Waals surface area contributed by atoms with Crippen LogP contribution in [0.5, 0.6) is 5.75 Å². The molecule has 0 spiro atoms. The van der Waals surface area contributed by atoms with Crippen LogP contribution in [0.25, 0.3) is 0 Å². The average molecular weight is 350 g/mol. The molecule has 3 nitrogen and oxygen atoms in total. The summed E-state index contributed by atoms with van der Waals surface area (Å²) >= 11 is 3.45. The molecular formula is C17H20BrNO2. The number of hydrogen-bond donors (Lipinski definition) is 2. The van der Waals surface area contributed by atoms with Crippen LogP contribution in [0, 0.1) is 6.92 Å². The molecule has 2 aromatic rings. The molecule has 4 heteroatoms. The standard InChI is InChI=1S/C17H20BrNO2/c1-11-3-5-12(6-4-11)14(10-19)17(20)13-7-8-16(21-2)15(18)9-13/h3-9,14,17,20H,10,19H2,1-2H3. The van der Waals surface area contributed by atoms with Gasteiger partial charge in [0.1, 0.15) is 5.75 Å². The number of hydrogen-bond acceptors (Lipinski definition) is 3. The Kier molecular flexibility index (Phi) is 5.39. The molecule has 0 saturated heterocycles. The van der Waals surface area contributed by atoms with Crippen molar-refractivity contribution in [3.8, 4) is 5.75 Å². The first kappa shape index (κ1) is 16.0. The van der Waals surface area contributed by atoms with E-state index < -0.39 is 6.10 Å². The molecule has 0 radical (unpaired) electrons. The molecule has 0 fully saturated rings. The van der Waals surface area contributed by atoms with Crippen LogP contribution in [-0.4, -0.2) is 18.8 Å². The summed E-state index contributed by atoms with van der Waals surface area (Å²) < 4.78 is 6.03. The molecule has 0 aliphatic rings. The van der Waals surface area contributed by atoms with E-state index in [1.165, 1.54) is 5.56 Å². The van der Waals surface area contributed by atoms with Crippen molar-refractivity contribution in [3.05, 3.63) is 63.6 Å². The molecule has 0 aliphatic heterocycles. The van der Waals surface area contributed by atoms with Gasteiger partial charge in [0, 0.05) is 12.5 Å². The first-order chi connectivity index (χ1) is 10.1. The largest absolute Gasteiger partial charge is 0.496 e. The Hall–Kier alpha value is -1.36. The number of aliphatic hydroxyl groups is 1. The van der Waals surface area contributed by atoms with Crippen molar-refractivity contribution in [3.63, 3.8) is 0 Å². The van der Waals surface area contributed by atoms with Gasteiger partial charge in [0.2, 0.25) is 0 Å². The minimum atomic E-state index is -0.653. The molecule has 2 aromatic carbocycles. The lowest BCUT2D eigenvalue weighted by molar-refractivity contribution is 0.147. The lowest BCUT2D eigenvalue weighted by atomic mass is 9.89. The normalized spacial score (nSPS) is 13.8. The van der Waals surface area contributed by atoms with Gasteiger partial charge >= 0.3 is 0 Å². The maximum atomic E-state index is 10.6. The third-order valence-electron chi connectivity index (χ3n) is 3.66. The van der Waals surface area contributed by atoms with Crippen molar-refractivity contribution in [2.45, 2.75) is 18.9 Å². The van der Waals surface area contributed by atoms with E-state index in [1.807, 2.05) is 49.4 Å². The van der Waals surface area contributed by atoms with Crippen molar-refractivity contribution in [2.24, 2.45) is 5.73 Å². The van der Waals surface area contributed by atoms with E-state index in [0.717, 1.165) is 21.3 Å². The van der Waals surface area contributed by atoms with Gasteiger partial charge in [-0.2, -0.15) is 0 Å². The van der Waals surface area contributed by atoms with Gasteiger partial charge in [-0.3, -0.25) is 0 Å². The molecule has 2 unspecified atom stereocenters. The molecule has 112 valence electrons. The molecule has 0 amide bonds. The van der Waals surface area contributed by atoms with Gasteiger partial charge in [-0.1, -0.05) is 35.9 Å². The Balaban J connectivity index is 2.29. The van der Waals surface area contributed by atoms with Gasteiger partial charge in [-0.15, -0.1) is 0 Å². The third kappa shape index (κ3) is 3.64. The molecular weight excluding hydrogens is 330 g/mol. The van der Waals surface area contributed by atoms with Crippen LogP contribution in [0.15, 0.2) is 46.9 Å². The summed E-state index contributed by atoms with van der Waals surface area (Å²) in [5.74, 6) is 0.608. The summed E-state index contributed by atoms with van der Waals surface area (Å²) in [4.78, 5) is 0. The van der Waals surface area contributed by atoms with Crippen molar-refractivity contribution in [1.82, 2.24) is 0 Å². The maximum Gasteiger partial charge on any atom is 0.133 e. The zero-order valence-corrected chi connectivity index (χ0v) is 13.8. The zero-order valence-electron chi connectivity index (χ0n) is 12.2. The summed E-state index contributed by atoms with van der Waals surface area (Å²) in [7, 11) is 1.62. The van der Waals surface area contributed by atoms with Gasteiger partial charge < -0.3 is 15.6 Å². The molecule has 0 aromatic heterocycles. The molecule has 3 N–H and O–H groups in total. The zero-order chi connectivity index (χ0) is 15.4. The summed E-state index contributed by atoms with van der Waals surface area (Å²) in [5.41, 5.74) is 8.93. The van der Waals surface area contributed by atoms with E-state index in [0.29, 0.717) is 6.54 Å². The van der Waals surface area contributed by atoms with Gasteiger partial charge in [0.15, 0.2) is 0 Å². The smallest absolute Gasteiger partial charge is 0.133 e. The van der Waals surface area contributed by atoms with Crippen LogP contribution in [0.3, 0.4) is 0 Å². The highest BCUT2D eigenvalue weighted by Gasteiger charge is 2.22. The number of halogens is 1. The van der Waals surface area contributed by atoms with E-state index >= 15 is 0 Å². The Morgan fingerprint density at radius 3 is 2.29 bits per heavy atom. The fraction of sp³-hybridized carbons (Fsp3) is 0.294. The lowest BCUT2D eigenvalue weighted by Crippen LogP contribution is -2.20. The third-order valence-corrected chi connectivity index (χ3v) is 4.28. The number of benzene rings is 2. The van der Waals surface area contributed by atoms with Crippen LogP contribution >= 0.6 is 15.9 Å². The summed E-state index contributed by atoms with van der Waals surface area (Å²) in [6.45, 7) is 2.42. The van der Waals surface area contributed by atoms with Crippen molar-refractivity contribution in [2.75, 3.05) is 13.7 Å². The summed E-state index contributed by atoms with van der Waals surface area (Å²) in [6, 6.07) is 13.7. The molecule has 0 bridgehead atoms.